The first-order chi connectivity index (χ1) is 6.58. The first-order valence-corrected chi connectivity index (χ1v) is 6.03. The highest BCUT2D eigenvalue weighted by Crippen LogP contribution is 2.00. The molecule has 0 heterocycles. The van der Waals surface area contributed by atoms with Gasteiger partial charge in [-0.1, -0.05) is 6.08 Å². The van der Waals surface area contributed by atoms with Gasteiger partial charge in [0.15, 0.2) is 0 Å². The van der Waals surface area contributed by atoms with Gasteiger partial charge in [-0.15, -0.1) is 6.58 Å². The van der Waals surface area contributed by atoms with Crippen LogP contribution in [0, 0.1) is 0 Å². The Bertz CT molecular complexity index is 251. The van der Waals surface area contributed by atoms with E-state index in [-0.39, 0.29) is 25.4 Å². The fourth-order valence-corrected chi connectivity index (χ4v) is 2.37. The molecular weight excluding hydrogens is 204 g/mol. The lowest BCUT2D eigenvalue weighted by Gasteiger charge is -2.19. The highest BCUT2D eigenvalue weighted by Gasteiger charge is 2.19. The second-order valence-electron chi connectivity index (χ2n) is 2.79. The summed E-state index contributed by atoms with van der Waals surface area (Å²) >= 11 is 0. The Morgan fingerprint density at radius 2 is 2.21 bits per heavy atom. The Morgan fingerprint density at radius 1 is 1.57 bits per heavy atom. The fraction of sp³-hybridized carbons (Fsp3) is 0.750. The Labute approximate surface area is 85.5 Å². The minimum absolute atomic E-state index is 0.0390. The summed E-state index contributed by atoms with van der Waals surface area (Å²) in [6, 6.07) is 0. The molecular formula is C8H18N2O3S. The maximum Gasteiger partial charge on any atom is 0.215 e. The summed E-state index contributed by atoms with van der Waals surface area (Å²) < 4.78 is 24.4. The third kappa shape index (κ3) is 4.71. The van der Waals surface area contributed by atoms with E-state index in [0.29, 0.717) is 6.54 Å². The van der Waals surface area contributed by atoms with Crippen LogP contribution in [0.5, 0.6) is 0 Å². The van der Waals surface area contributed by atoms with Gasteiger partial charge in [0.1, 0.15) is 0 Å². The van der Waals surface area contributed by atoms with Crippen molar-refractivity contribution in [1.82, 2.24) is 9.62 Å². The molecule has 0 aliphatic carbocycles. The topological polar surface area (TPSA) is 69.6 Å². The number of rotatable bonds is 8. The first-order valence-electron chi connectivity index (χ1n) is 4.42. The van der Waals surface area contributed by atoms with Crippen molar-refractivity contribution in [1.29, 1.82) is 0 Å². The molecule has 0 saturated heterocycles. The van der Waals surface area contributed by atoms with Crippen LogP contribution in [0.4, 0.5) is 0 Å². The molecule has 0 atom stereocenters. The fourth-order valence-electron chi connectivity index (χ4n) is 0.960. The summed E-state index contributed by atoms with van der Waals surface area (Å²) in [4.78, 5) is 0. The van der Waals surface area contributed by atoms with Crippen LogP contribution in [0.25, 0.3) is 0 Å². The average molecular weight is 222 g/mol. The van der Waals surface area contributed by atoms with Gasteiger partial charge < -0.3 is 10.4 Å². The standard InChI is InChI=1S/C8H18N2O3S/c1-3-5-10(6-7-11)14(12,13)8-4-9-2/h3,9,11H,1,4-8H2,2H3. The number of nitrogens with one attached hydrogen (secondary N) is 1. The Balaban J connectivity index is 4.37. The molecule has 0 saturated carbocycles. The van der Waals surface area contributed by atoms with Gasteiger partial charge in [-0.25, -0.2) is 8.42 Å². The van der Waals surface area contributed by atoms with Crippen molar-refractivity contribution in [2.24, 2.45) is 0 Å². The summed E-state index contributed by atoms with van der Waals surface area (Å²) in [5.41, 5.74) is 0. The van der Waals surface area contributed by atoms with E-state index in [1.807, 2.05) is 0 Å². The zero-order chi connectivity index (χ0) is 11.0. The van der Waals surface area contributed by atoms with E-state index < -0.39 is 10.0 Å². The van der Waals surface area contributed by atoms with Gasteiger partial charge in [0.05, 0.1) is 12.4 Å². The van der Waals surface area contributed by atoms with Crippen LogP contribution in [-0.2, 0) is 10.0 Å². The van der Waals surface area contributed by atoms with E-state index in [2.05, 4.69) is 11.9 Å². The van der Waals surface area contributed by atoms with Crippen molar-refractivity contribution >= 4 is 10.0 Å². The van der Waals surface area contributed by atoms with E-state index in [1.165, 1.54) is 10.4 Å². The summed E-state index contributed by atoms with van der Waals surface area (Å²) in [6.45, 7) is 4.07. The smallest absolute Gasteiger partial charge is 0.215 e. The van der Waals surface area contributed by atoms with Crippen LogP contribution in [0.3, 0.4) is 0 Å². The highest BCUT2D eigenvalue weighted by atomic mass is 32.2. The van der Waals surface area contributed by atoms with E-state index in [0.717, 1.165) is 0 Å². The van der Waals surface area contributed by atoms with E-state index in [1.54, 1.807) is 7.05 Å². The third-order valence-electron chi connectivity index (χ3n) is 1.69. The highest BCUT2D eigenvalue weighted by molar-refractivity contribution is 7.89. The number of aliphatic hydroxyl groups is 1. The number of sulfonamides is 1. The third-order valence-corrected chi connectivity index (χ3v) is 3.52. The summed E-state index contributed by atoms with van der Waals surface area (Å²) in [6.07, 6.45) is 1.51. The molecule has 0 aliphatic rings. The lowest BCUT2D eigenvalue weighted by Crippen LogP contribution is -2.37. The van der Waals surface area contributed by atoms with Gasteiger partial charge >= 0.3 is 0 Å². The molecule has 0 fully saturated rings. The van der Waals surface area contributed by atoms with E-state index in [4.69, 9.17) is 5.11 Å². The van der Waals surface area contributed by atoms with Crippen molar-refractivity contribution in [3.63, 3.8) is 0 Å². The minimum atomic E-state index is -3.27. The second-order valence-corrected chi connectivity index (χ2v) is 4.88. The predicted molar refractivity (Wildman–Crippen MR) is 56.6 cm³/mol. The first kappa shape index (κ1) is 13.6. The van der Waals surface area contributed by atoms with Crippen molar-refractivity contribution in [3.05, 3.63) is 12.7 Å². The van der Waals surface area contributed by atoms with Crippen molar-refractivity contribution < 1.29 is 13.5 Å². The molecule has 84 valence electrons. The maximum atomic E-state index is 11.6. The van der Waals surface area contributed by atoms with Crippen LogP contribution in [0.15, 0.2) is 12.7 Å². The molecule has 0 aromatic heterocycles. The van der Waals surface area contributed by atoms with Crippen molar-refractivity contribution in [3.8, 4) is 0 Å². The number of aliphatic hydroxyl groups excluding tert-OH is 1. The van der Waals surface area contributed by atoms with Crippen LogP contribution < -0.4 is 5.32 Å². The van der Waals surface area contributed by atoms with Crippen molar-refractivity contribution in [2.75, 3.05) is 39.0 Å². The molecule has 0 unspecified atom stereocenters. The van der Waals surface area contributed by atoms with Gasteiger partial charge in [0.25, 0.3) is 0 Å². The molecule has 0 rings (SSSR count). The van der Waals surface area contributed by atoms with Crippen molar-refractivity contribution in [2.45, 2.75) is 0 Å². The predicted octanol–water partition coefficient (Wildman–Crippen LogP) is -0.984. The maximum absolute atomic E-state index is 11.6. The van der Waals surface area contributed by atoms with E-state index >= 15 is 0 Å². The van der Waals surface area contributed by atoms with Gasteiger partial charge in [-0.2, -0.15) is 4.31 Å². The molecule has 5 nitrogen and oxygen atoms in total. The van der Waals surface area contributed by atoms with Crippen LogP contribution in [0.2, 0.25) is 0 Å². The Morgan fingerprint density at radius 3 is 2.64 bits per heavy atom. The van der Waals surface area contributed by atoms with E-state index in [9.17, 15) is 8.42 Å². The molecule has 0 radical (unpaired) electrons. The molecule has 2 N–H and O–H groups in total. The number of nitrogens with zero attached hydrogens (tertiary/aromatic N) is 1. The SMILES string of the molecule is C=CCN(CCO)S(=O)(=O)CCNC. The molecule has 6 heteroatoms. The summed E-state index contributed by atoms with van der Waals surface area (Å²) in [7, 11) is -1.58. The molecule has 0 aromatic rings. The van der Waals surface area contributed by atoms with Gasteiger partial charge in [0, 0.05) is 19.6 Å². The van der Waals surface area contributed by atoms with Gasteiger partial charge in [0.2, 0.25) is 10.0 Å². The zero-order valence-electron chi connectivity index (χ0n) is 8.44. The summed E-state index contributed by atoms with van der Waals surface area (Å²) in [5, 5.41) is 11.5. The van der Waals surface area contributed by atoms with Crippen LogP contribution >= 0.6 is 0 Å². The molecule has 0 amide bonds. The zero-order valence-corrected chi connectivity index (χ0v) is 9.26. The molecule has 0 aliphatic heterocycles. The Hall–Kier alpha value is -0.430. The number of hydrogen-bond donors (Lipinski definition) is 2. The molecule has 0 bridgehead atoms. The molecule has 0 spiro atoms. The second kappa shape index (κ2) is 6.94. The average Bonchev–Trinajstić information content (AvgIpc) is 2.14. The number of hydrogen-bond acceptors (Lipinski definition) is 4. The minimum Gasteiger partial charge on any atom is -0.395 e. The quantitative estimate of drug-likeness (QED) is 0.518. The Kier molecular flexibility index (Phi) is 6.73. The normalized spacial score (nSPS) is 11.9. The lowest BCUT2D eigenvalue weighted by molar-refractivity contribution is 0.260. The lowest BCUT2D eigenvalue weighted by atomic mass is 10.6. The van der Waals surface area contributed by atoms with Crippen LogP contribution in [-0.4, -0.2) is 56.9 Å². The molecule has 14 heavy (non-hydrogen) atoms. The summed E-state index contributed by atoms with van der Waals surface area (Å²) in [5.74, 6) is 0.0390. The van der Waals surface area contributed by atoms with Gasteiger partial charge in [-0.3, -0.25) is 0 Å². The largest absolute Gasteiger partial charge is 0.395 e. The van der Waals surface area contributed by atoms with Crippen LogP contribution in [0.1, 0.15) is 0 Å². The van der Waals surface area contributed by atoms with Gasteiger partial charge in [-0.05, 0) is 7.05 Å². The monoisotopic (exact) mass is 222 g/mol. The molecule has 0 aromatic carbocycles.